The topological polar surface area (TPSA) is 18.5 Å². The smallest absolute Gasteiger partial charge is 0.125 e. The third kappa shape index (κ3) is 1.30. The minimum absolute atomic E-state index is 0.663. The molecule has 64 valence electrons. The Balaban J connectivity index is 2.42. The van der Waals surface area contributed by atoms with Gasteiger partial charge in [-0.3, -0.25) is 0 Å². The SMILES string of the molecule is Cc1cccc2c1COCCO2. The molecule has 0 aliphatic carbocycles. The van der Waals surface area contributed by atoms with E-state index in [4.69, 9.17) is 9.47 Å². The zero-order chi connectivity index (χ0) is 8.39. The van der Waals surface area contributed by atoms with Crippen LogP contribution in [0.25, 0.3) is 0 Å². The third-order valence-corrected chi connectivity index (χ3v) is 2.10. The fraction of sp³-hybridized carbons (Fsp3) is 0.400. The first-order valence-corrected chi connectivity index (χ1v) is 4.17. The average Bonchev–Trinajstić information content (AvgIpc) is 2.30. The average molecular weight is 164 g/mol. The summed E-state index contributed by atoms with van der Waals surface area (Å²) in [5.74, 6) is 0.979. The van der Waals surface area contributed by atoms with Gasteiger partial charge in [0.2, 0.25) is 0 Å². The molecule has 1 aliphatic rings. The molecule has 1 heterocycles. The van der Waals surface area contributed by atoms with Gasteiger partial charge in [0.25, 0.3) is 0 Å². The minimum atomic E-state index is 0.663. The second-order valence-corrected chi connectivity index (χ2v) is 2.95. The lowest BCUT2D eigenvalue weighted by Gasteiger charge is -2.07. The Kier molecular flexibility index (Phi) is 2.00. The quantitative estimate of drug-likeness (QED) is 0.583. The van der Waals surface area contributed by atoms with Crippen LogP contribution in [0.2, 0.25) is 0 Å². The summed E-state index contributed by atoms with van der Waals surface area (Å²) < 4.78 is 10.9. The maximum Gasteiger partial charge on any atom is 0.125 e. The molecule has 2 rings (SSSR count). The summed E-state index contributed by atoms with van der Waals surface area (Å²) in [7, 11) is 0. The van der Waals surface area contributed by atoms with Gasteiger partial charge in [-0.1, -0.05) is 12.1 Å². The molecule has 0 radical (unpaired) electrons. The van der Waals surface area contributed by atoms with Crippen LogP contribution in [0.15, 0.2) is 18.2 Å². The first-order valence-electron chi connectivity index (χ1n) is 4.17. The van der Waals surface area contributed by atoms with Crippen molar-refractivity contribution in [1.29, 1.82) is 0 Å². The number of hydrogen-bond donors (Lipinski definition) is 0. The lowest BCUT2D eigenvalue weighted by molar-refractivity contribution is 0.106. The first kappa shape index (κ1) is 7.62. The molecule has 0 saturated heterocycles. The Bertz CT molecular complexity index is 281. The summed E-state index contributed by atoms with van der Waals surface area (Å²) in [5, 5.41) is 0. The zero-order valence-electron chi connectivity index (χ0n) is 7.17. The highest BCUT2D eigenvalue weighted by Crippen LogP contribution is 2.24. The molecule has 2 heteroatoms. The number of aryl methyl sites for hydroxylation is 1. The van der Waals surface area contributed by atoms with Crippen LogP contribution in [0, 0.1) is 6.92 Å². The van der Waals surface area contributed by atoms with Gasteiger partial charge in [0.15, 0.2) is 0 Å². The standard InChI is InChI=1S/C10H12O2/c1-8-3-2-4-10-9(8)7-11-5-6-12-10/h2-4H,5-7H2,1H3. The van der Waals surface area contributed by atoms with Crippen LogP contribution in [-0.4, -0.2) is 13.2 Å². The van der Waals surface area contributed by atoms with Crippen LogP contribution in [-0.2, 0) is 11.3 Å². The van der Waals surface area contributed by atoms with Crippen LogP contribution in [0.5, 0.6) is 5.75 Å². The van der Waals surface area contributed by atoms with Crippen LogP contribution < -0.4 is 4.74 Å². The van der Waals surface area contributed by atoms with Crippen molar-refractivity contribution in [2.75, 3.05) is 13.2 Å². The van der Waals surface area contributed by atoms with Crippen LogP contribution in [0.4, 0.5) is 0 Å². The second-order valence-electron chi connectivity index (χ2n) is 2.95. The van der Waals surface area contributed by atoms with Gasteiger partial charge < -0.3 is 9.47 Å². The van der Waals surface area contributed by atoms with Gasteiger partial charge in [-0.2, -0.15) is 0 Å². The molecule has 0 aromatic heterocycles. The van der Waals surface area contributed by atoms with E-state index in [0.717, 1.165) is 5.75 Å². The molecule has 0 N–H and O–H groups in total. The van der Waals surface area contributed by atoms with E-state index in [9.17, 15) is 0 Å². The summed E-state index contributed by atoms with van der Waals surface area (Å²) in [6, 6.07) is 6.09. The number of benzene rings is 1. The molecule has 0 amide bonds. The Morgan fingerprint density at radius 3 is 3.08 bits per heavy atom. The fourth-order valence-electron chi connectivity index (χ4n) is 1.38. The first-order chi connectivity index (χ1) is 5.88. The maximum atomic E-state index is 5.50. The molecular weight excluding hydrogens is 152 g/mol. The minimum Gasteiger partial charge on any atom is -0.491 e. The van der Waals surface area contributed by atoms with E-state index in [0.29, 0.717) is 19.8 Å². The summed E-state index contributed by atoms with van der Waals surface area (Å²) in [6.07, 6.45) is 0. The lowest BCUT2D eigenvalue weighted by atomic mass is 10.1. The highest BCUT2D eigenvalue weighted by Gasteiger charge is 2.09. The van der Waals surface area contributed by atoms with Crippen molar-refractivity contribution in [2.24, 2.45) is 0 Å². The molecule has 1 aromatic rings. The van der Waals surface area contributed by atoms with Gasteiger partial charge in [-0.25, -0.2) is 0 Å². The monoisotopic (exact) mass is 164 g/mol. The van der Waals surface area contributed by atoms with Crippen molar-refractivity contribution in [2.45, 2.75) is 13.5 Å². The Morgan fingerprint density at radius 2 is 2.17 bits per heavy atom. The molecule has 0 atom stereocenters. The Hall–Kier alpha value is -1.02. The summed E-state index contributed by atoms with van der Waals surface area (Å²) in [4.78, 5) is 0. The highest BCUT2D eigenvalue weighted by atomic mass is 16.5. The van der Waals surface area contributed by atoms with Crippen molar-refractivity contribution in [3.05, 3.63) is 29.3 Å². The highest BCUT2D eigenvalue weighted by molar-refractivity contribution is 5.39. The summed E-state index contributed by atoms with van der Waals surface area (Å²) in [6.45, 7) is 4.11. The van der Waals surface area contributed by atoms with E-state index in [2.05, 4.69) is 13.0 Å². The third-order valence-electron chi connectivity index (χ3n) is 2.10. The number of fused-ring (bicyclic) bond motifs is 1. The molecular formula is C10H12O2. The van der Waals surface area contributed by atoms with Crippen molar-refractivity contribution in [3.63, 3.8) is 0 Å². The van der Waals surface area contributed by atoms with E-state index < -0.39 is 0 Å². The van der Waals surface area contributed by atoms with E-state index in [1.807, 2.05) is 12.1 Å². The predicted molar refractivity (Wildman–Crippen MR) is 46.3 cm³/mol. The summed E-state index contributed by atoms with van der Waals surface area (Å²) >= 11 is 0. The van der Waals surface area contributed by atoms with Gasteiger partial charge in [0.05, 0.1) is 13.2 Å². The van der Waals surface area contributed by atoms with Crippen LogP contribution in [0.3, 0.4) is 0 Å². The Morgan fingerprint density at radius 1 is 1.25 bits per heavy atom. The van der Waals surface area contributed by atoms with Gasteiger partial charge in [0, 0.05) is 5.56 Å². The van der Waals surface area contributed by atoms with Crippen molar-refractivity contribution < 1.29 is 9.47 Å². The molecule has 1 aliphatic heterocycles. The number of ether oxygens (including phenoxy) is 2. The van der Waals surface area contributed by atoms with Crippen molar-refractivity contribution in [3.8, 4) is 5.75 Å². The lowest BCUT2D eigenvalue weighted by Crippen LogP contribution is -2.00. The van der Waals surface area contributed by atoms with Crippen LogP contribution >= 0.6 is 0 Å². The van der Waals surface area contributed by atoms with Gasteiger partial charge in [-0.05, 0) is 18.6 Å². The normalized spacial score (nSPS) is 16.1. The Labute approximate surface area is 72.1 Å². The van der Waals surface area contributed by atoms with E-state index in [1.54, 1.807) is 0 Å². The van der Waals surface area contributed by atoms with Crippen molar-refractivity contribution >= 4 is 0 Å². The molecule has 0 fully saturated rings. The van der Waals surface area contributed by atoms with E-state index in [1.165, 1.54) is 11.1 Å². The summed E-state index contributed by atoms with van der Waals surface area (Å²) in [5.41, 5.74) is 2.43. The zero-order valence-corrected chi connectivity index (χ0v) is 7.17. The predicted octanol–water partition coefficient (Wildman–Crippen LogP) is 1.90. The van der Waals surface area contributed by atoms with Gasteiger partial charge >= 0.3 is 0 Å². The molecule has 0 saturated carbocycles. The molecule has 0 bridgehead atoms. The van der Waals surface area contributed by atoms with Gasteiger partial charge in [0.1, 0.15) is 12.4 Å². The maximum absolute atomic E-state index is 5.50. The molecule has 2 nitrogen and oxygen atoms in total. The van der Waals surface area contributed by atoms with Crippen LogP contribution in [0.1, 0.15) is 11.1 Å². The molecule has 0 unspecified atom stereocenters. The van der Waals surface area contributed by atoms with E-state index in [-0.39, 0.29) is 0 Å². The molecule has 0 spiro atoms. The number of hydrogen-bond acceptors (Lipinski definition) is 2. The molecule has 12 heavy (non-hydrogen) atoms. The second kappa shape index (κ2) is 3.15. The number of rotatable bonds is 0. The molecule has 1 aromatic carbocycles. The fourth-order valence-corrected chi connectivity index (χ4v) is 1.38. The van der Waals surface area contributed by atoms with Crippen molar-refractivity contribution in [1.82, 2.24) is 0 Å². The van der Waals surface area contributed by atoms with Gasteiger partial charge in [-0.15, -0.1) is 0 Å². The largest absolute Gasteiger partial charge is 0.491 e. The van der Waals surface area contributed by atoms with E-state index >= 15 is 0 Å².